The van der Waals surface area contributed by atoms with Crippen molar-refractivity contribution in [2.24, 2.45) is 0 Å². The lowest BCUT2D eigenvalue weighted by molar-refractivity contribution is 0.0690. The number of carboxylic acids is 1. The van der Waals surface area contributed by atoms with E-state index in [0.29, 0.717) is 6.01 Å². The van der Waals surface area contributed by atoms with Crippen molar-refractivity contribution >= 4 is 12.0 Å². The molecule has 0 bridgehead atoms. The molecule has 15 heavy (non-hydrogen) atoms. The summed E-state index contributed by atoms with van der Waals surface area (Å²) in [6.45, 7) is 3.60. The summed E-state index contributed by atoms with van der Waals surface area (Å²) >= 11 is 0. The Morgan fingerprint density at radius 2 is 2.47 bits per heavy atom. The summed E-state index contributed by atoms with van der Waals surface area (Å²) in [5.74, 6) is -1.06. The molecule has 1 aromatic rings. The van der Waals surface area contributed by atoms with Crippen LogP contribution in [0.3, 0.4) is 0 Å². The summed E-state index contributed by atoms with van der Waals surface area (Å²) in [4.78, 5) is 16.4. The van der Waals surface area contributed by atoms with Gasteiger partial charge in [-0.3, -0.25) is 0 Å². The Hall–Kier alpha value is -1.78. The number of oxazole rings is 1. The molecule has 0 saturated heterocycles. The van der Waals surface area contributed by atoms with Crippen LogP contribution in [0.25, 0.3) is 0 Å². The molecule has 0 aromatic carbocycles. The van der Waals surface area contributed by atoms with Gasteiger partial charge < -0.3 is 14.4 Å². The molecule has 0 amide bonds. The van der Waals surface area contributed by atoms with Crippen molar-refractivity contribution < 1.29 is 14.3 Å². The molecule has 2 heterocycles. The van der Waals surface area contributed by atoms with Crippen LogP contribution in [-0.4, -0.2) is 29.1 Å². The van der Waals surface area contributed by atoms with Crippen molar-refractivity contribution in [2.75, 3.05) is 18.0 Å². The number of carboxylic acid groups (broad SMARTS) is 1. The fourth-order valence-corrected chi connectivity index (χ4v) is 1.58. The molecule has 1 aliphatic rings. The van der Waals surface area contributed by atoms with Crippen LogP contribution in [0.2, 0.25) is 0 Å². The number of hydrogen-bond acceptors (Lipinski definition) is 4. The minimum absolute atomic E-state index is 0.0443. The maximum absolute atomic E-state index is 10.6. The Bertz CT molecular complexity index is 409. The minimum Gasteiger partial charge on any atom is -0.476 e. The molecule has 5 nitrogen and oxygen atoms in total. The third kappa shape index (κ3) is 2.01. The number of aromatic carboxylic acids is 1. The first-order chi connectivity index (χ1) is 7.16. The van der Waals surface area contributed by atoms with Crippen LogP contribution in [-0.2, 0) is 0 Å². The van der Waals surface area contributed by atoms with Crippen LogP contribution in [0.15, 0.2) is 22.3 Å². The van der Waals surface area contributed by atoms with Gasteiger partial charge in [-0.1, -0.05) is 11.6 Å². The molecule has 1 N–H and O–H groups in total. The van der Waals surface area contributed by atoms with E-state index in [2.05, 4.69) is 11.1 Å². The summed E-state index contributed by atoms with van der Waals surface area (Å²) in [6.07, 6.45) is 4.28. The Morgan fingerprint density at radius 3 is 3.07 bits per heavy atom. The Kier molecular flexibility index (Phi) is 2.45. The van der Waals surface area contributed by atoms with Gasteiger partial charge in [0.1, 0.15) is 6.26 Å². The van der Waals surface area contributed by atoms with Crippen molar-refractivity contribution in [3.63, 3.8) is 0 Å². The van der Waals surface area contributed by atoms with E-state index in [-0.39, 0.29) is 5.69 Å². The molecule has 0 fully saturated rings. The largest absolute Gasteiger partial charge is 0.476 e. The van der Waals surface area contributed by atoms with Crippen LogP contribution in [0.4, 0.5) is 6.01 Å². The highest BCUT2D eigenvalue weighted by atomic mass is 16.4. The van der Waals surface area contributed by atoms with Gasteiger partial charge in [0.05, 0.1) is 0 Å². The van der Waals surface area contributed by atoms with Crippen LogP contribution < -0.4 is 4.90 Å². The van der Waals surface area contributed by atoms with Crippen molar-refractivity contribution in [1.82, 2.24) is 4.98 Å². The first kappa shape index (κ1) is 9.76. The topological polar surface area (TPSA) is 66.6 Å². The second kappa shape index (κ2) is 3.76. The zero-order chi connectivity index (χ0) is 10.8. The van der Waals surface area contributed by atoms with Crippen molar-refractivity contribution in [3.8, 4) is 0 Å². The van der Waals surface area contributed by atoms with Gasteiger partial charge in [0, 0.05) is 13.1 Å². The molecular weight excluding hydrogens is 196 g/mol. The Morgan fingerprint density at radius 1 is 1.67 bits per heavy atom. The number of hydrogen-bond donors (Lipinski definition) is 1. The lowest BCUT2D eigenvalue weighted by atomic mass is 10.1. The van der Waals surface area contributed by atoms with E-state index in [1.807, 2.05) is 11.8 Å². The summed E-state index contributed by atoms with van der Waals surface area (Å²) in [7, 11) is 0. The summed E-state index contributed by atoms with van der Waals surface area (Å²) < 4.78 is 5.12. The van der Waals surface area contributed by atoms with Crippen LogP contribution in [0.5, 0.6) is 0 Å². The fourth-order valence-electron chi connectivity index (χ4n) is 1.58. The minimum atomic E-state index is -1.06. The molecule has 1 aromatic heterocycles. The van der Waals surface area contributed by atoms with Gasteiger partial charge >= 0.3 is 5.97 Å². The summed E-state index contributed by atoms with van der Waals surface area (Å²) in [5, 5.41) is 8.70. The molecule has 0 radical (unpaired) electrons. The third-order valence-electron chi connectivity index (χ3n) is 2.31. The van der Waals surface area contributed by atoms with Crippen LogP contribution in [0.1, 0.15) is 23.8 Å². The second-order valence-electron chi connectivity index (χ2n) is 3.58. The van der Waals surface area contributed by atoms with Crippen LogP contribution in [0, 0.1) is 0 Å². The van der Waals surface area contributed by atoms with Gasteiger partial charge in [-0.05, 0) is 13.3 Å². The van der Waals surface area contributed by atoms with Gasteiger partial charge in [-0.2, -0.15) is 4.98 Å². The maximum atomic E-state index is 10.6. The quantitative estimate of drug-likeness (QED) is 0.746. The number of aromatic nitrogens is 1. The normalized spacial score (nSPS) is 16.3. The monoisotopic (exact) mass is 208 g/mol. The SMILES string of the molecule is CC1=CCCN(c2nc(C(=O)O)co2)C1. The van der Waals surface area contributed by atoms with E-state index in [1.165, 1.54) is 11.8 Å². The van der Waals surface area contributed by atoms with E-state index in [0.717, 1.165) is 19.5 Å². The molecule has 0 spiro atoms. The highest BCUT2D eigenvalue weighted by Gasteiger charge is 2.18. The molecule has 80 valence electrons. The van der Waals surface area contributed by atoms with E-state index in [9.17, 15) is 4.79 Å². The van der Waals surface area contributed by atoms with E-state index < -0.39 is 5.97 Å². The van der Waals surface area contributed by atoms with Crippen LogP contribution >= 0.6 is 0 Å². The second-order valence-corrected chi connectivity index (χ2v) is 3.58. The Labute approximate surface area is 87.0 Å². The molecule has 5 heteroatoms. The zero-order valence-electron chi connectivity index (χ0n) is 8.43. The predicted octanol–water partition coefficient (Wildman–Crippen LogP) is 1.53. The average molecular weight is 208 g/mol. The van der Waals surface area contributed by atoms with E-state index in [4.69, 9.17) is 9.52 Å². The van der Waals surface area contributed by atoms with Crippen molar-refractivity contribution in [2.45, 2.75) is 13.3 Å². The predicted molar refractivity (Wildman–Crippen MR) is 54.0 cm³/mol. The zero-order valence-corrected chi connectivity index (χ0v) is 8.43. The molecule has 0 unspecified atom stereocenters. The molecule has 0 aliphatic carbocycles. The van der Waals surface area contributed by atoms with Gasteiger partial charge in [0.2, 0.25) is 0 Å². The number of anilines is 1. The maximum Gasteiger partial charge on any atom is 0.357 e. The van der Waals surface area contributed by atoms with Gasteiger partial charge in [0.15, 0.2) is 5.69 Å². The first-order valence-corrected chi connectivity index (χ1v) is 4.76. The number of carbonyl (C=O) groups is 1. The smallest absolute Gasteiger partial charge is 0.357 e. The van der Waals surface area contributed by atoms with Gasteiger partial charge in [-0.25, -0.2) is 4.79 Å². The van der Waals surface area contributed by atoms with Gasteiger partial charge in [0.25, 0.3) is 6.01 Å². The van der Waals surface area contributed by atoms with E-state index in [1.54, 1.807) is 0 Å². The highest BCUT2D eigenvalue weighted by Crippen LogP contribution is 2.18. The van der Waals surface area contributed by atoms with Crippen molar-refractivity contribution in [1.29, 1.82) is 0 Å². The number of rotatable bonds is 2. The third-order valence-corrected chi connectivity index (χ3v) is 2.31. The molecule has 2 rings (SSSR count). The molecule has 0 atom stereocenters. The number of nitrogens with zero attached hydrogens (tertiary/aromatic N) is 2. The Balaban J connectivity index is 2.16. The van der Waals surface area contributed by atoms with Gasteiger partial charge in [-0.15, -0.1) is 0 Å². The molecular formula is C10H12N2O3. The first-order valence-electron chi connectivity index (χ1n) is 4.76. The standard InChI is InChI=1S/C10H12N2O3/c1-7-3-2-4-12(5-7)10-11-8(6-15-10)9(13)14/h3,6H,2,4-5H2,1H3,(H,13,14). The lowest BCUT2D eigenvalue weighted by Gasteiger charge is -2.23. The summed E-state index contributed by atoms with van der Waals surface area (Å²) in [5.41, 5.74) is 1.20. The molecule has 0 saturated carbocycles. The summed E-state index contributed by atoms with van der Waals surface area (Å²) in [6, 6.07) is 0.389. The molecule has 1 aliphatic heterocycles. The lowest BCUT2D eigenvalue weighted by Crippen LogP contribution is -2.29. The van der Waals surface area contributed by atoms with Crippen molar-refractivity contribution in [3.05, 3.63) is 23.6 Å². The van der Waals surface area contributed by atoms with E-state index >= 15 is 0 Å². The average Bonchev–Trinajstić information content (AvgIpc) is 2.66. The highest BCUT2D eigenvalue weighted by molar-refractivity contribution is 5.85. The fraction of sp³-hybridized carbons (Fsp3) is 0.400.